The molecule has 0 aliphatic carbocycles. The highest BCUT2D eigenvalue weighted by atomic mass is 16.5. The Morgan fingerprint density at radius 1 is 1.08 bits per heavy atom. The number of carbonyl (C=O) groups excluding carboxylic acids is 3. The van der Waals surface area contributed by atoms with Gasteiger partial charge in [-0.1, -0.05) is 24.3 Å². The van der Waals surface area contributed by atoms with Crippen LogP contribution >= 0.6 is 0 Å². The number of amides is 2. The van der Waals surface area contributed by atoms with Crippen molar-refractivity contribution in [2.45, 2.75) is 39.4 Å². The van der Waals surface area contributed by atoms with Crippen LogP contribution in [0.25, 0.3) is 0 Å². The summed E-state index contributed by atoms with van der Waals surface area (Å²) in [6, 6.07) is 13.5. The fourth-order valence-electron chi connectivity index (χ4n) is 4.50. The first-order chi connectivity index (χ1) is 18.4. The number of hydrogen-bond donors (Lipinski definition) is 1. The standard InChI is InChI=1S/C29H31N3O6/c1-4-37-24-12-11-20(14-25(24)36-3)23(15-26(33)38-5-2)31-28(34)22-10-6-9-21-18-32(29(35)27(21)22)17-19-8-7-13-30-16-19/h6-14,16,23H,4-5,15,17-18H2,1-3H3,(H,31,34)/t23-/m0/s1. The molecular weight excluding hydrogens is 486 g/mol. The van der Waals surface area contributed by atoms with Crippen molar-refractivity contribution in [2.75, 3.05) is 20.3 Å². The monoisotopic (exact) mass is 517 g/mol. The van der Waals surface area contributed by atoms with E-state index in [9.17, 15) is 14.4 Å². The minimum atomic E-state index is -0.718. The zero-order chi connectivity index (χ0) is 27.1. The Kier molecular flexibility index (Phi) is 8.58. The van der Waals surface area contributed by atoms with Crippen LogP contribution in [0, 0.1) is 0 Å². The third kappa shape index (κ3) is 5.94. The molecular formula is C29H31N3O6. The van der Waals surface area contributed by atoms with E-state index in [1.54, 1.807) is 54.5 Å². The molecule has 1 atom stereocenters. The Hall–Kier alpha value is -4.40. The predicted octanol–water partition coefficient (Wildman–Crippen LogP) is 4.07. The van der Waals surface area contributed by atoms with Crippen molar-refractivity contribution in [1.82, 2.24) is 15.2 Å². The van der Waals surface area contributed by atoms with Gasteiger partial charge >= 0.3 is 5.97 Å². The molecule has 0 fully saturated rings. The molecule has 1 aliphatic heterocycles. The number of benzene rings is 2. The molecule has 0 saturated heterocycles. The topological polar surface area (TPSA) is 107 Å². The number of rotatable bonds is 11. The molecule has 0 unspecified atom stereocenters. The minimum absolute atomic E-state index is 0.0905. The molecule has 0 spiro atoms. The molecule has 1 N–H and O–H groups in total. The lowest BCUT2D eigenvalue weighted by atomic mass is 9.99. The smallest absolute Gasteiger partial charge is 0.308 e. The average molecular weight is 518 g/mol. The highest BCUT2D eigenvalue weighted by Gasteiger charge is 2.32. The number of pyridine rings is 1. The first-order valence-electron chi connectivity index (χ1n) is 12.5. The molecule has 2 aromatic carbocycles. The van der Waals surface area contributed by atoms with Gasteiger partial charge in [-0.15, -0.1) is 0 Å². The number of carbonyl (C=O) groups is 3. The molecule has 9 nitrogen and oxygen atoms in total. The van der Waals surface area contributed by atoms with Gasteiger partial charge in [0.05, 0.1) is 43.9 Å². The second-order valence-electron chi connectivity index (χ2n) is 8.74. The molecule has 0 radical (unpaired) electrons. The molecule has 0 bridgehead atoms. The molecule has 4 rings (SSSR count). The molecule has 9 heteroatoms. The summed E-state index contributed by atoms with van der Waals surface area (Å²) < 4.78 is 16.2. The zero-order valence-electron chi connectivity index (χ0n) is 21.7. The number of ether oxygens (including phenoxy) is 3. The highest BCUT2D eigenvalue weighted by molar-refractivity contribution is 6.09. The van der Waals surface area contributed by atoms with Crippen molar-refractivity contribution < 1.29 is 28.6 Å². The van der Waals surface area contributed by atoms with Crippen LogP contribution in [0.3, 0.4) is 0 Å². The van der Waals surface area contributed by atoms with Crippen LogP contribution in [0.4, 0.5) is 0 Å². The fourth-order valence-corrected chi connectivity index (χ4v) is 4.50. The molecule has 2 amide bonds. The maximum atomic E-state index is 13.6. The van der Waals surface area contributed by atoms with E-state index in [1.807, 2.05) is 25.1 Å². The molecule has 0 saturated carbocycles. The van der Waals surface area contributed by atoms with E-state index in [-0.39, 0.29) is 24.5 Å². The second-order valence-corrected chi connectivity index (χ2v) is 8.74. The van der Waals surface area contributed by atoms with Gasteiger partial charge in [-0.3, -0.25) is 19.4 Å². The maximum Gasteiger partial charge on any atom is 0.308 e. The van der Waals surface area contributed by atoms with Crippen molar-refractivity contribution in [3.8, 4) is 11.5 Å². The zero-order valence-corrected chi connectivity index (χ0v) is 21.7. The van der Waals surface area contributed by atoms with Crippen LogP contribution in [0.5, 0.6) is 11.5 Å². The number of nitrogens with one attached hydrogen (secondary N) is 1. The first-order valence-corrected chi connectivity index (χ1v) is 12.5. The van der Waals surface area contributed by atoms with Crippen LogP contribution in [0.15, 0.2) is 60.9 Å². The Morgan fingerprint density at radius 3 is 2.63 bits per heavy atom. The summed E-state index contributed by atoms with van der Waals surface area (Å²) in [5.74, 6) is -0.100. The van der Waals surface area contributed by atoms with Crippen molar-refractivity contribution >= 4 is 17.8 Å². The van der Waals surface area contributed by atoms with Gasteiger partial charge in [0, 0.05) is 25.5 Å². The van der Waals surface area contributed by atoms with Gasteiger partial charge in [0.25, 0.3) is 11.8 Å². The van der Waals surface area contributed by atoms with Gasteiger partial charge in [0.2, 0.25) is 0 Å². The molecule has 1 aliphatic rings. The summed E-state index contributed by atoms with van der Waals surface area (Å²) in [5, 5.41) is 2.94. The summed E-state index contributed by atoms with van der Waals surface area (Å²) in [7, 11) is 1.52. The van der Waals surface area contributed by atoms with Crippen molar-refractivity contribution in [3.05, 3.63) is 88.7 Å². The van der Waals surface area contributed by atoms with Crippen LogP contribution < -0.4 is 14.8 Å². The SMILES string of the molecule is CCOC(=O)C[C@H](NC(=O)c1cccc2c1C(=O)N(Cc1cccnc1)C2)c1ccc(OCC)c(OC)c1. The van der Waals surface area contributed by atoms with E-state index in [2.05, 4.69) is 10.3 Å². The number of fused-ring (bicyclic) bond motifs is 1. The largest absolute Gasteiger partial charge is 0.493 e. The van der Waals surface area contributed by atoms with Crippen LogP contribution in [-0.4, -0.2) is 48.0 Å². The number of methoxy groups -OCH3 is 1. The van der Waals surface area contributed by atoms with Gasteiger partial charge in [-0.2, -0.15) is 0 Å². The first kappa shape index (κ1) is 26.7. The molecule has 3 aromatic rings. The summed E-state index contributed by atoms with van der Waals surface area (Å²) in [6.07, 6.45) is 3.31. The molecule has 2 heterocycles. The van der Waals surface area contributed by atoms with Gasteiger partial charge in [-0.05, 0) is 54.8 Å². The lowest BCUT2D eigenvalue weighted by Crippen LogP contribution is -2.32. The number of aromatic nitrogens is 1. The van der Waals surface area contributed by atoms with Gasteiger partial charge < -0.3 is 24.4 Å². The molecule has 1 aromatic heterocycles. The summed E-state index contributed by atoms with van der Waals surface area (Å²) in [4.78, 5) is 45.1. The average Bonchev–Trinajstić information content (AvgIpc) is 3.24. The lowest BCUT2D eigenvalue weighted by Gasteiger charge is -2.21. The Balaban J connectivity index is 1.60. The van der Waals surface area contributed by atoms with E-state index >= 15 is 0 Å². The van der Waals surface area contributed by atoms with Crippen LogP contribution in [-0.2, 0) is 22.6 Å². The van der Waals surface area contributed by atoms with Crippen LogP contribution in [0.1, 0.15) is 63.7 Å². The minimum Gasteiger partial charge on any atom is -0.493 e. The third-order valence-electron chi connectivity index (χ3n) is 6.23. The van der Waals surface area contributed by atoms with Crippen molar-refractivity contribution in [3.63, 3.8) is 0 Å². The van der Waals surface area contributed by atoms with E-state index in [1.165, 1.54) is 7.11 Å². The van der Waals surface area contributed by atoms with E-state index < -0.39 is 17.9 Å². The summed E-state index contributed by atoms with van der Waals surface area (Å²) in [6.45, 7) is 5.06. The normalized spacial score (nSPS) is 13.0. The molecule has 38 heavy (non-hydrogen) atoms. The maximum absolute atomic E-state index is 13.6. The van der Waals surface area contributed by atoms with Gasteiger partial charge in [0.1, 0.15) is 0 Å². The third-order valence-corrected chi connectivity index (χ3v) is 6.23. The van der Waals surface area contributed by atoms with E-state index in [4.69, 9.17) is 14.2 Å². The van der Waals surface area contributed by atoms with Gasteiger partial charge in [-0.25, -0.2) is 0 Å². The quantitative estimate of drug-likeness (QED) is 0.382. The lowest BCUT2D eigenvalue weighted by molar-refractivity contribution is -0.143. The Bertz CT molecular complexity index is 1310. The van der Waals surface area contributed by atoms with Crippen LogP contribution in [0.2, 0.25) is 0 Å². The Morgan fingerprint density at radius 2 is 1.92 bits per heavy atom. The second kappa shape index (κ2) is 12.2. The number of nitrogens with zero attached hydrogens (tertiary/aromatic N) is 2. The van der Waals surface area contributed by atoms with Crippen molar-refractivity contribution in [2.24, 2.45) is 0 Å². The summed E-state index contributed by atoms with van der Waals surface area (Å²) in [5.41, 5.74) is 2.94. The predicted molar refractivity (Wildman–Crippen MR) is 140 cm³/mol. The fraction of sp³-hybridized carbons (Fsp3) is 0.310. The van der Waals surface area contributed by atoms with E-state index in [0.29, 0.717) is 42.3 Å². The van der Waals surface area contributed by atoms with Crippen molar-refractivity contribution in [1.29, 1.82) is 0 Å². The summed E-state index contributed by atoms with van der Waals surface area (Å²) >= 11 is 0. The highest BCUT2D eigenvalue weighted by Crippen LogP contribution is 2.32. The number of esters is 1. The Labute approximate surface area is 221 Å². The number of hydrogen-bond acceptors (Lipinski definition) is 7. The molecule has 198 valence electrons. The van der Waals surface area contributed by atoms with E-state index in [0.717, 1.165) is 11.1 Å². The van der Waals surface area contributed by atoms with Gasteiger partial charge in [0.15, 0.2) is 11.5 Å².